The molecule has 9 heteroatoms. The van der Waals surface area contributed by atoms with Crippen LogP contribution in [0.3, 0.4) is 0 Å². The quantitative estimate of drug-likeness (QED) is 0.751. The van der Waals surface area contributed by atoms with Crippen molar-refractivity contribution in [2.24, 2.45) is 7.05 Å². The van der Waals surface area contributed by atoms with Crippen molar-refractivity contribution >= 4 is 21.8 Å². The Kier molecular flexibility index (Phi) is 5.85. The molecule has 1 atom stereocenters. The van der Waals surface area contributed by atoms with Crippen LogP contribution in [0.15, 0.2) is 47.5 Å². The molecule has 0 spiro atoms. The maximum absolute atomic E-state index is 13.0. The van der Waals surface area contributed by atoms with E-state index < -0.39 is 27.9 Å². The van der Waals surface area contributed by atoms with E-state index in [1.807, 2.05) is 6.92 Å². The number of aryl methyl sites for hydroxylation is 2. The van der Waals surface area contributed by atoms with E-state index in [4.69, 9.17) is 0 Å². The summed E-state index contributed by atoms with van der Waals surface area (Å²) in [4.78, 5) is 25.0. The van der Waals surface area contributed by atoms with Crippen LogP contribution in [0.25, 0.3) is 0 Å². The molecule has 0 bridgehead atoms. The first-order chi connectivity index (χ1) is 13.3. The number of carbonyl (C=O) groups is 2. The van der Waals surface area contributed by atoms with Gasteiger partial charge in [-0.15, -0.1) is 0 Å². The molecule has 8 nitrogen and oxygen atoms in total. The van der Waals surface area contributed by atoms with Crippen LogP contribution in [0.2, 0.25) is 0 Å². The normalized spacial score (nSPS) is 17.9. The van der Waals surface area contributed by atoms with Gasteiger partial charge in [-0.05, 0) is 44.0 Å². The predicted molar refractivity (Wildman–Crippen MR) is 104 cm³/mol. The van der Waals surface area contributed by atoms with Crippen LogP contribution in [-0.2, 0) is 21.9 Å². The lowest BCUT2D eigenvalue weighted by molar-refractivity contribution is -0.126. The van der Waals surface area contributed by atoms with Crippen molar-refractivity contribution in [2.45, 2.75) is 37.1 Å². The SMILES string of the molecule is Cc1ccc(S(=O)(=O)N2CCCCC2C(=O)NNC(=O)c2cccn2C)cc1. The van der Waals surface area contributed by atoms with Gasteiger partial charge in [-0.1, -0.05) is 24.1 Å². The summed E-state index contributed by atoms with van der Waals surface area (Å²) in [5.41, 5.74) is 6.07. The molecule has 0 aliphatic carbocycles. The van der Waals surface area contributed by atoms with E-state index in [9.17, 15) is 18.0 Å². The number of hydrazine groups is 1. The zero-order valence-electron chi connectivity index (χ0n) is 15.9. The first-order valence-electron chi connectivity index (χ1n) is 9.11. The molecular formula is C19H24N4O4S. The summed E-state index contributed by atoms with van der Waals surface area (Å²) in [6.45, 7) is 2.14. The Morgan fingerprint density at radius 2 is 1.79 bits per heavy atom. The molecule has 28 heavy (non-hydrogen) atoms. The maximum Gasteiger partial charge on any atom is 0.286 e. The maximum atomic E-state index is 13.0. The van der Waals surface area contributed by atoms with Gasteiger partial charge < -0.3 is 4.57 Å². The Bertz CT molecular complexity index is 966. The van der Waals surface area contributed by atoms with E-state index in [2.05, 4.69) is 10.9 Å². The minimum absolute atomic E-state index is 0.158. The van der Waals surface area contributed by atoms with Gasteiger partial charge >= 0.3 is 0 Å². The van der Waals surface area contributed by atoms with Gasteiger partial charge in [0.15, 0.2) is 0 Å². The van der Waals surface area contributed by atoms with Gasteiger partial charge in [-0.2, -0.15) is 4.31 Å². The Morgan fingerprint density at radius 3 is 2.43 bits per heavy atom. The third kappa shape index (κ3) is 4.10. The molecule has 1 fully saturated rings. The first-order valence-corrected chi connectivity index (χ1v) is 10.5. The Hall–Kier alpha value is -2.65. The van der Waals surface area contributed by atoms with E-state index in [-0.39, 0.29) is 11.4 Å². The molecule has 2 aromatic rings. The van der Waals surface area contributed by atoms with E-state index >= 15 is 0 Å². The van der Waals surface area contributed by atoms with Crippen molar-refractivity contribution in [3.63, 3.8) is 0 Å². The van der Waals surface area contributed by atoms with Crippen molar-refractivity contribution in [3.05, 3.63) is 53.9 Å². The first kappa shape index (κ1) is 20.1. The summed E-state index contributed by atoms with van der Waals surface area (Å²) in [7, 11) is -2.09. The Labute approximate surface area is 164 Å². The zero-order chi connectivity index (χ0) is 20.3. The average Bonchev–Trinajstić information content (AvgIpc) is 3.12. The Morgan fingerprint density at radius 1 is 1.07 bits per heavy atom. The second-order valence-corrected chi connectivity index (χ2v) is 8.78. The number of hydrogen-bond acceptors (Lipinski definition) is 4. The molecule has 1 aromatic heterocycles. The number of benzene rings is 1. The van der Waals surface area contributed by atoms with Gasteiger partial charge in [0.05, 0.1) is 4.90 Å². The van der Waals surface area contributed by atoms with Crippen molar-refractivity contribution < 1.29 is 18.0 Å². The second-order valence-electron chi connectivity index (χ2n) is 6.89. The summed E-state index contributed by atoms with van der Waals surface area (Å²) >= 11 is 0. The highest BCUT2D eigenvalue weighted by atomic mass is 32.2. The molecule has 1 aliphatic rings. The molecule has 3 rings (SSSR count). The number of amides is 2. The van der Waals surface area contributed by atoms with Gasteiger partial charge in [-0.25, -0.2) is 8.42 Å². The van der Waals surface area contributed by atoms with Crippen molar-refractivity contribution in [3.8, 4) is 0 Å². The highest BCUT2D eigenvalue weighted by Crippen LogP contribution is 2.25. The van der Waals surface area contributed by atoms with Gasteiger partial charge in [0.2, 0.25) is 10.0 Å². The fraction of sp³-hybridized carbons (Fsp3) is 0.368. The van der Waals surface area contributed by atoms with Gasteiger partial charge in [0, 0.05) is 19.8 Å². The average molecular weight is 404 g/mol. The molecule has 0 saturated carbocycles. The summed E-state index contributed by atoms with van der Waals surface area (Å²) in [6, 6.07) is 9.02. The van der Waals surface area contributed by atoms with Crippen LogP contribution in [0.1, 0.15) is 35.3 Å². The van der Waals surface area contributed by atoms with E-state index in [0.29, 0.717) is 18.5 Å². The number of piperidine rings is 1. The number of sulfonamides is 1. The fourth-order valence-corrected chi connectivity index (χ4v) is 4.92. The van der Waals surface area contributed by atoms with Crippen LogP contribution >= 0.6 is 0 Å². The van der Waals surface area contributed by atoms with Crippen LogP contribution < -0.4 is 10.9 Å². The van der Waals surface area contributed by atoms with Gasteiger partial charge in [0.25, 0.3) is 11.8 Å². The molecule has 1 saturated heterocycles. The molecule has 1 unspecified atom stereocenters. The van der Waals surface area contributed by atoms with Crippen molar-refractivity contribution in [1.82, 2.24) is 19.7 Å². The number of carbonyl (C=O) groups excluding carboxylic acids is 2. The number of hydrogen-bond donors (Lipinski definition) is 2. The third-order valence-corrected chi connectivity index (χ3v) is 6.78. The van der Waals surface area contributed by atoms with Gasteiger partial charge in [0.1, 0.15) is 11.7 Å². The predicted octanol–water partition coefficient (Wildman–Crippen LogP) is 1.34. The highest BCUT2D eigenvalue weighted by molar-refractivity contribution is 7.89. The lowest BCUT2D eigenvalue weighted by Crippen LogP contribution is -2.55. The van der Waals surface area contributed by atoms with E-state index in [0.717, 1.165) is 12.0 Å². The monoisotopic (exact) mass is 404 g/mol. The van der Waals surface area contributed by atoms with Crippen LogP contribution in [0.5, 0.6) is 0 Å². The number of nitrogens with zero attached hydrogens (tertiary/aromatic N) is 2. The third-order valence-electron chi connectivity index (χ3n) is 4.86. The molecule has 1 aromatic carbocycles. The topological polar surface area (TPSA) is 101 Å². The van der Waals surface area contributed by atoms with Crippen LogP contribution in [0.4, 0.5) is 0 Å². The standard InChI is InChI=1S/C19H24N4O4S/c1-14-8-10-15(11-9-14)28(26,27)23-13-4-3-6-17(23)19(25)21-20-18(24)16-7-5-12-22(16)2/h5,7-12,17H,3-4,6,13H2,1-2H3,(H,20,24)(H,21,25). The summed E-state index contributed by atoms with van der Waals surface area (Å²) < 4.78 is 28.9. The molecule has 1 aliphatic heterocycles. The fourth-order valence-electron chi connectivity index (χ4n) is 3.26. The van der Waals surface area contributed by atoms with E-state index in [1.165, 1.54) is 4.31 Å². The molecule has 150 valence electrons. The lowest BCUT2D eigenvalue weighted by Gasteiger charge is -2.33. The Balaban J connectivity index is 1.73. The number of aromatic nitrogens is 1. The van der Waals surface area contributed by atoms with Gasteiger partial charge in [-0.3, -0.25) is 20.4 Å². The minimum Gasteiger partial charge on any atom is -0.347 e. The molecule has 2 N–H and O–H groups in total. The number of rotatable bonds is 4. The van der Waals surface area contributed by atoms with Crippen molar-refractivity contribution in [2.75, 3.05) is 6.54 Å². The van der Waals surface area contributed by atoms with Crippen LogP contribution in [-0.4, -0.2) is 41.7 Å². The summed E-state index contributed by atoms with van der Waals surface area (Å²) in [5.74, 6) is -1.01. The molecule has 2 amide bonds. The molecule has 2 heterocycles. The second kappa shape index (κ2) is 8.15. The highest BCUT2D eigenvalue weighted by Gasteiger charge is 2.37. The van der Waals surface area contributed by atoms with Crippen LogP contribution in [0, 0.1) is 6.92 Å². The molecular weight excluding hydrogens is 380 g/mol. The van der Waals surface area contributed by atoms with Crippen molar-refractivity contribution in [1.29, 1.82) is 0 Å². The van der Waals surface area contributed by atoms with E-state index in [1.54, 1.807) is 54.2 Å². The lowest BCUT2D eigenvalue weighted by atomic mass is 10.0. The minimum atomic E-state index is -3.81. The zero-order valence-corrected chi connectivity index (χ0v) is 16.7. The summed E-state index contributed by atoms with van der Waals surface area (Å²) in [6.07, 6.45) is 3.54. The number of nitrogens with one attached hydrogen (secondary N) is 2. The smallest absolute Gasteiger partial charge is 0.286 e. The summed E-state index contributed by atoms with van der Waals surface area (Å²) in [5, 5.41) is 0. The molecule has 0 radical (unpaired) electrons. The largest absolute Gasteiger partial charge is 0.347 e.